The van der Waals surface area contributed by atoms with Crippen LogP contribution in [0.4, 0.5) is 0 Å². The minimum atomic E-state index is -1.23. The molecule has 0 aliphatic carbocycles. The minimum Gasteiger partial charge on any atom is -0.380 e. The number of hydrogen-bond donors (Lipinski definition) is 2. The summed E-state index contributed by atoms with van der Waals surface area (Å²) in [5.74, 6) is -0.336. The van der Waals surface area contributed by atoms with Crippen LogP contribution in [0, 0.1) is 6.92 Å². The lowest BCUT2D eigenvalue weighted by Gasteiger charge is -2.13. The molecule has 4 heteroatoms. The van der Waals surface area contributed by atoms with E-state index in [0.29, 0.717) is 17.5 Å². The summed E-state index contributed by atoms with van der Waals surface area (Å²) in [6.07, 6.45) is 0.360. The van der Waals surface area contributed by atoms with Crippen LogP contribution in [0.1, 0.15) is 46.6 Å². The molecule has 0 saturated heterocycles. The topological polar surface area (TPSA) is 70.2 Å². The van der Waals surface area contributed by atoms with Gasteiger partial charge in [-0.05, 0) is 36.6 Å². The minimum absolute atomic E-state index is 0.0615. The Balaban J connectivity index is 1.98. The molecule has 0 aliphatic rings. The molecule has 2 aromatic carbocycles. The van der Waals surface area contributed by atoms with Crippen molar-refractivity contribution < 1.29 is 9.90 Å². The number of hydrogen-bond acceptors (Lipinski definition) is 3. The largest absolute Gasteiger partial charge is 0.380 e. The standard InChI is InChI=1S/C23H23NO3/c1-3-8-19-14-20(15(2)24-23(19)27)17-11-7-12-18(13-17)22(26)21(25)16-9-5-4-6-10-16/h4-7,9-14,22,26H,3,8H2,1-2H3,(H,24,27). The van der Waals surface area contributed by atoms with Gasteiger partial charge in [0.05, 0.1) is 0 Å². The van der Waals surface area contributed by atoms with Crippen molar-refractivity contribution in [2.24, 2.45) is 0 Å². The van der Waals surface area contributed by atoms with Crippen LogP contribution in [-0.4, -0.2) is 15.9 Å². The van der Waals surface area contributed by atoms with Crippen molar-refractivity contribution >= 4 is 5.78 Å². The summed E-state index contributed by atoms with van der Waals surface area (Å²) >= 11 is 0. The smallest absolute Gasteiger partial charge is 0.251 e. The average Bonchev–Trinajstić information content (AvgIpc) is 2.69. The van der Waals surface area contributed by atoms with Gasteiger partial charge >= 0.3 is 0 Å². The summed E-state index contributed by atoms with van der Waals surface area (Å²) in [5, 5.41) is 10.6. The molecule has 0 bridgehead atoms. The molecule has 4 nitrogen and oxygen atoms in total. The molecule has 27 heavy (non-hydrogen) atoms. The number of H-pyrrole nitrogens is 1. The van der Waals surface area contributed by atoms with E-state index in [1.165, 1.54) is 0 Å². The van der Waals surface area contributed by atoms with Crippen LogP contribution >= 0.6 is 0 Å². The Morgan fingerprint density at radius 1 is 1.07 bits per heavy atom. The Kier molecular flexibility index (Phi) is 5.67. The first kappa shape index (κ1) is 18.8. The first-order chi connectivity index (χ1) is 13.0. The fourth-order valence-corrected chi connectivity index (χ4v) is 3.21. The fourth-order valence-electron chi connectivity index (χ4n) is 3.21. The lowest BCUT2D eigenvalue weighted by atomic mass is 9.95. The summed E-state index contributed by atoms with van der Waals surface area (Å²) in [7, 11) is 0. The van der Waals surface area contributed by atoms with Gasteiger partial charge < -0.3 is 10.1 Å². The van der Waals surface area contributed by atoms with Crippen molar-refractivity contribution in [1.82, 2.24) is 4.98 Å². The first-order valence-electron chi connectivity index (χ1n) is 9.11. The monoisotopic (exact) mass is 361 g/mol. The van der Waals surface area contributed by atoms with Crippen molar-refractivity contribution in [3.8, 4) is 11.1 Å². The summed E-state index contributed by atoms with van der Waals surface area (Å²) in [4.78, 5) is 27.5. The maximum atomic E-state index is 12.5. The molecule has 1 aromatic heterocycles. The molecule has 0 amide bonds. The number of ketones is 1. The zero-order chi connectivity index (χ0) is 19.4. The Hall–Kier alpha value is -2.98. The number of carbonyl (C=O) groups is 1. The lowest BCUT2D eigenvalue weighted by Crippen LogP contribution is -2.14. The number of aryl methyl sites for hydroxylation is 2. The summed E-state index contributed by atoms with van der Waals surface area (Å²) < 4.78 is 0. The van der Waals surface area contributed by atoms with Gasteiger partial charge in [-0.1, -0.05) is 61.9 Å². The summed E-state index contributed by atoms with van der Waals surface area (Å²) in [5.41, 5.74) is 4.21. The number of aromatic nitrogens is 1. The van der Waals surface area contributed by atoms with E-state index in [1.54, 1.807) is 30.3 Å². The van der Waals surface area contributed by atoms with Crippen LogP contribution in [0.25, 0.3) is 11.1 Å². The van der Waals surface area contributed by atoms with Gasteiger partial charge in [0.25, 0.3) is 5.56 Å². The van der Waals surface area contributed by atoms with Gasteiger partial charge in [0.1, 0.15) is 6.10 Å². The number of Topliss-reactive ketones (excluding diaryl/α,β-unsaturated/α-hetero) is 1. The van der Waals surface area contributed by atoms with Gasteiger partial charge in [0.2, 0.25) is 0 Å². The third-order valence-corrected chi connectivity index (χ3v) is 4.65. The average molecular weight is 361 g/mol. The number of aliphatic hydroxyl groups is 1. The van der Waals surface area contributed by atoms with Gasteiger partial charge in [-0.15, -0.1) is 0 Å². The number of aromatic amines is 1. The van der Waals surface area contributed by atoms with Crippen molar-refractivity contribution in [3.63, 3.8) is 0 Å². The number of rotatable bonds is 6. The zero-order valence-corrected chi connectivity index (χ0v) is 15.5. The van der Waals surface area contributed by atoms with E-state index in [-0.39, 0.29) is 11.3 Å². The molecule has 0 fully saturated rings. The predicted molar refractivity (Wildman–Crippen MR) is 107 cm³/mol. The summed E-state index contributed by atoms with van der Waals surface area (Å²) in [6, 6.07) is 17.9. The van der Waals surface area contributed by atoms with Crippen LogP contribution in [0.15, 0.2) is 65.5 Å². The fraction of sp³-hybridized carbons (Fsp3) is 0.217. The molecule has 1 atom stereocenters. The van der Waals surface area contributed by atoms with Crippen molar-refractivity contribution in [2.45, 2.75) is 32.8 Å². The zero-order valence-electron chi connectivity index (χ0n) is 15.5. The van der Waals surface area contributed by atoms with Gasteiger partial charge in [0.15, 0.2) is 5.78 Å². The second kappa shape index (κ2) is 8.14. The van der Waals surface area contributed by atoms with E-state index >= 15 is 0 Å². The lowest BCUT2D eigenvalue weighted by molar-refractivity contribution is 0.0747. The number of benzene rings is 2. The van der Waals surface area contributed by atoms with E-state index in [4.69, 9.17) is 0 Å². The van der Waals surface area contributed by atoms with Crippen LogP contribution in [0.2, 0.25) is 0 Å². The van der Waals surface area contributed by atoms with Crippen molar-refractivity contribution in [1.29, 1.82) is 0 Å². The SMILES string of the molecule is CCCc1cc(-c2cccc(C(O)C(=O)c3ccccc3)c2)c(C)[nH]c1=O. The second-order valence-corrected chi connectivity index (χ2v) is 6.67. The van der Waals surface area contributed by atoms with E-state index in [0.717, 1.165) is 28.8 Å². The van der Waals surface area contributed by atoms with E-state index in [9.17, 15) is 14.7 Å². The highest BCUT2D eigenvalue weighted by atomic mass is 16.3. The van der Waals surface area contributed by atoms with Gasteiger partial charge in [-0.3, -0.25) is 9.59 Å². The van der Waals surface area contributed by atoms with Crippen LogP contribution < -0.4 is 5.56 Å². The van der Waals surface area contributed by atoms with E-state index in [2.05, 4.69) is 4.98 Å². The number of nitrogens with one attached hydrogen (secondary N) is 1. The molecule has 0 spiro atoms. The molecule has 0 aliphatic heterocycles. The van der Waals surface area contributed by atoms with Crippen LogP contribution in [0.3, 0.4) is 0 Å². The first-order valence-corrected chi connectivity index (χ1v) is 9.11. The Bertz CT molecular complexity index is 1010. The molecule has 1 heterocycles. The molecule has 1 unspecified atom stereocenters. The Morgan fingerprint density at radius 3 is 2.52 bits per heavy atom. The number of pyridine rings is 1. The Morgan fingerprint density at radius 2 is 1.81 bits per heavy atom. The van der Waals surface area contributed by atoms with Gasteiger partial charge in [-0.25, -0.2) is 0 Å². The quantitative estimate of drug-likeness (QED) is 0.646. The predicted octanol–water partition coefficient (Wildman–Crippen LogP) is 4.22. The van der Waals surface area contributed by atoms with Gasteiger partial charge in [-0.2, -0.15) is 0 Å². The highest BCUT2D eigenvalue weighted by Gasteiger charge is 2.19. The maximum Gasteiger partial charge on any atom is 0.251 e. The normalized spacial score (nSPS) is 12.0. The highest BCUT2D eigenvalue weighted by molar-refractivity contribution is 6.00. The molecule has 0 saturated carbocycles. The molecule has 3 rings (SSSR count). The number of carbonyl (C=O) groups excluding carboxylic acids is 1. The van der Waals surface area contributed by atoms with Crippen LogP contribution in [-0.2, 0) is 6.42 Å². The third-order valence-electron chi connectivity index (χ3n) is 4.65. The van der Waals surface area contributed by atoms with Gasteiger partial charge in [0, 0.05) is 22.4 Å². The second-order valence-electron chi connectivity index (χ2n) is 6.67. The van der Waals surface area contributed by atoms with E-state index < -0.39 is 6.10 Å². The molecule has 3 aromatic rings. The van der Waals surface area contributed by atoms with Crippen molar-refractivity contribution in [2.75, 3.05) is 0 Å². The maximum absolute atomic E-state index is 12.5. The van der Waals surface area contributed by atoms with Crippen LogP contribution in [0.5, 0.6) is 0 Å². The van der Waals surface area contributed by atoms with E-state index in [1.807, 2.05) is 44.2 Å². The molecule has 0 radical (unpaired) electrons. The number of aliphatic hydroxyl groups excluding tert-OH is 1. The summed E-state index contributed by atoms with van der Waals surface area (Å²) in [6.45, 7) is 3.88. The molecular formula is C23H23NO3. The van der Waals surface area contributed by atoms with Crippen molar-refractivity contribution in [3.05, 3.63) is 93.4 Å². The Labute approximate surface area is 158 Å². The third kappa shape index (κ3) is 4.07. The highest BCUT2D eigenvalue weighted by Crippen LogP contribution is 2.27. The molecular weight excluding hydrogens is 338 g/mol. The molecule has 2 N–H and O–H groups in total. The molecule has 138 valence electrons.